The Balaban J connectivity index is 3.11. The molecule has 13 heavy (non-hydrogen) atoms. The van der Waals surface area contributed by atoms with Crippen LogP contribution < -0.4 is 4.90 Å². The van der Waals surface area contributed by atoms with Crippen LogP contribution in [0.2, 0.25) is 0 Å². The molecule has 0 heterocycles. The highest BCUT2D eigenvalue weighted by Crippen LogP contribution is 2.23. The van der Waals surface area contributed by atoms with Crippen LogP contribution in [-0.4, -0.2) is 13.5 Å². The molecule has 0 spiro atoms. The molecule has 1 aromatic rings. The Hall–Kier alpha value is -1.89. The van der Waals surface area contributed by atoms with Crippen LogP contribution in [0.25, 0.3) is 4.98 Å². The van der Waals surface area contributed by atoms with E-state index < -0.39 is 0 Å². The molecular weight excluding hydrogens is 166 g/mol. The predicted molar refractivity (Wildman–Crippen MR) is 50.4 cm³/mol. The van der Waals surface area contributed by atoms with Crippen molar-refractivity contribution < 1.29 is 4.79 Å². The van der Waals surface area contributed by atoms with Gasteiger partial charge in [0.05, 0.1) is 0 Å². The topological polar surface area (TPSA) is 48.5 Å². The van der Waals surface area contributed by atoms with Crippen molar-refractivity contribution in [3.63, 3.8) is 0 Å². The monoisotopic (exact) mass is 176 g/mol. The van der Waals surface area contributed by atoms with Gasteiger partial charge in [-0.05, 0) is 19.1 Å². The number of hydrogen-bond donors (Lipinski definition) is 0. The zero-order valence-corrected chi connectivity index (χ0v) is 7.56. The molecule has 0 radical (unpaired) electrons. The number of hydrogen-bond acceptors (Lipinski definition) is 2. The average molecular weight is 176 g/mol. The molecule has 0 aliphatic carbocycles. The molecule has 0 aromatic heterocycles. The van der Waals surface area contributed by atoms with Gasteiger partial charge in [-0.3, -0.25) is 4.79 Å². The first-order valence-corrected chi connectivity index (χ1v) is 3.83. The van der Waals surface area contributed by atoms with E-state index in [9.17, 15) is 4.79 Å². The summed E-state index contributed by atoms with van der Waals surface area (Å²) < 4.78 is 0. The van der Waals surface area contributed by atoms with Crippen molar-refractivity contribution in [1.29, 1.82) is 5.39 Å². The van der Waals surface area contributed by atoms with Gasteiger partial charge in [-0.1, -0.05) is 0 Å². The third-order valence-corrected chi connectivity index (χ3v) is 1.85. The Labute approximate surface area is 76.4 Å². The fourth-order valence-corrected chi connectivity index (χ4v) is 1.03. The summed E-state index contributed by atoms with van der Waals surface area (Å²) >= 11 is 0. The molecule has 0 aliphatic heterocycles. The molecule has 0 N–H and O–H groups in total. The number of amides is 1. The quantitative estimate of drug-likeness (QED) is 0.511. The number of carbonyl (C=O) groups excluding carboxylic acids is 1. The van der Waals surface area contributed by atoms with E-state index >= 15 is 0 Å². The first kappa shape index (κ1) is 9.20. The van der Waals surface area contributed by atoms with Crippen LogP contribution in [0.1, 0.15) is 5.56 Å². The van der Waals surface area contributed by atoms with Gasteiger partial charge in [-0.15, -0.1) is 0 Å². The molecule has 0 unspecified atom stereocenters. The summed E-state index contributed by atoms with van der Waals surface area (Å²) in [6.07, 6.45) is 0.727. The van der Waals surface area contributed by atoms with E-state index in [-0.39, 0.29) is 0 Å². The molecule has 4 nitrogen and oxygen atoms in total. The lowest BCUT2D eigenvalue weighted by Crippen LogP contribution is -2.13. The molecule has 0 saturated heterocycles. The van der Waals surface area contributed by atoms with Crippen molar-refractivity contribution in [2.75, 3.05) is 11.9 Å². The summed E-state index contributed by atoms with van der Waals surface area (Å²) in [5.74, 6) is 0. The smallest absolute Gasteiger partial charge is 0.318 e. The van der Waals surface area contributed by atoms with Crippen molar-refractivity contribution in [3.8, 4) is 0 Å². The number of benzene rings is 1. The Kier molecular flexibility index (Phi) is 2.60. The second-order valence-corrected chi connectivity index (χ2v) is 2.79. The van der Waals surface area contributed by atoms with E-state index in [0.29, 0.717) is 5.69 Å². The van der Waals surface area contributed by atoms with Gasteiger partial charge in [0, 0.05) is 24.4 Å². The number of rotatable bonds is 2. The third-order valence-electron chi connectivity index (χ3n) is 1.85. The maximum atomic E-state index is 10.4. The Morgan fingerprint density at radius 1 is 1.54 bits per heavy atom. The van der Waals surface area contributed by atoms with Crippen LogP contribution in [0.4, 0.5) is 11.4 Å². The molecule has 0 aliphatic rings. The summed E-state index contributed by atoms with van der Waals surface area (Å²) in [6, 6.07) is 5.16. The standard InChI is InChI=1S/C9H10N3O/c1-7-5-8(12(2)6-13)3-4-9(7)11-10/h3-6H,1-2H3/q+1. The van der Waals surface area contributed by atoms with Gasteiger partial charge in [-0.25, -0.2) is 0 Å². The van der Waals surface area contributed by atoms with Crippen molar-refractivity contribution >= 4 is 17.8 Å². The first-order chi connectivity index (χ1) is 6.19. The number of diazo groups is 1. The van der Waals surface area contributed by atoms with Crippen LogP contribution >= 0.6 is 0 Å². The molecule has 1 amide bonds. The first-order valence-electron chi connectivity index (χ1n) is 3.83. The zero-order valence-electron chi connectivity index (χ0n) is 7.56. The van der Waals surface area contributed by atoms with E-state index in [4.69, 9.17) is 5.39 Å². The van der Waals surface area contributed by atoms with Crippen molar-refractivity contribution in [2.45, 2.75) is 6.92 Å². The molecule has 0 fully saturated rings. The molecule has 1 rings (SSSR count). The average Bonchev–Trinajstić information content (AvgIpc) is 2.16. The maximum absolute atomic E-state index is 10.4. The highest BCUT2D eigenvalue weighted by atomic mass is 16.1. The van der Waals surface area contributed by atoms with E-state index in [1.165, 1.54) is 4.90 Å². The van der Waals surface area contributed by atoms with E-state index in [1.807, 2.05) is 6.92 Å². The summed E-state index contributed by atoms with van der Waals surface area (Å²) in [6.45, 7) is 1.82. The Morgan fingerprint density at radius 3 is 2.69 bits per heavy atom. The highest BCUT2D eigenvalue weighted by Gasteiger charge is 2.10. The third kappa shape index (κ3) is 1.82. The van der Waals surface area contributed by atoms with E-state index in [2.05, 4.69) is 4.98 Å². The molecular formula is C9H10N3O+. The number of carbonyl (C=O) groups is 1. The molecule has 0 bridgehead atoms. The lowest BCUT2D eigenvalue weighted by molar-refractivity contribution is -0.107. The fraction of sp³-hybridized carbons (Fsp3) is 0.222. The largest absolute Gasteiger partial charge is 0.388 e. The Morgan fingerprint density at radius 2 is 2.23 bits per heavy atom. The van der Waals surface area contributed by atoms with Crippen LogP contribution in [0.15, 0.2) is 18.2 Å². The Bertz CT molecular complexity index is 368. The fourth-order valence-electron chi connectivity index (χ4n) is 1.03. The molecule has 0 atom stereocenters. The van der Waals surface area contributed by atoms with Crippen LogP contribution in [0, 0.1) is 12.3 Å². The second-order valence-electron chi connectivity index (χ2n) is 2.79. The van der Waals surface area contributed by atoms with Crippen LogP contribution in [0.3, 0.4) is 0 Å². The summed E-state index contributed by atoms with van der Waals surface area (Å²) in [5.41, 5.74) is 2.12. The van der Waals surface area contributed by atoms with Gasteiger partial charge in [-0.2, -0.15) is 0 Å². The zero-order chi connectivity index (χ0) is 9.84. The van der Waals surface area contributed by atoms with Gasteiger partial charge < -0.3 is 4.90 Å². The van der Waals surface area contributed by atoms with Crippen LogP contribution in [0.5, 0.6) is 0 Å². The minimum atomic E-state index is 0.517. The lowest BCUT2D eigenvalue weighted by atomic mass is 10.2. The van der Waals surface area contributed by atoms with E-state index in [1.54, 1.807) is 25.2 Å². The number of nitrogens with zero attached hydrogens (tertiary/aromatic N) is 3. The van der Waals surface area contributed by atoms with Gasteiger partial charge in [0.15, 0.2) is 4.98 Å². The second kappa shape index (κ2) is 3.68. The summed E-state index contributed by atoms with van der Waals surface area (Å²) in [4.78, 5) is 15.0. The SMILES string of the molecule is Cc1cc(N(C)C=O)ccc1[N+]#N. The van der Waals surface area contributed by atoms with E-state index in [0.717, 1.165) is 17.7 Å². The van der Waals surface area contributed by atoms with Gasteiger partial charge >= 0.3 is 5.69 Å². The summed E-state index contributed by atoms with van der Waals surface area (Å²) in [7, 11) is 1.66. The van der Waals surface area contributed by atoms with Gasteiger partial charge in [0.2, 0.25) is 11.8 Å². The number of anilines is 1. The minimum absolute atomic E-state index is 0.517. The maximum Gasteiger partial charge on any atom is 0.388 e. The van der Waals surface area contributed by atoms with Crippen molar-refractivity contribution in [1.82, 2.24) is 0 Å². The van der Waals surface area contributed by atoms with Gasteiger partial charge in [0.1, 0.15) is 0 Å². The normalized spacial score (nSPS) is 9.00. The highest BCUT2D eigenvalue weighted by molar-refractivity contribution is 5.75. The van der Waals surface area contributed by atoms with Gasteiger partial charge in [0.25, 0.3) is 0 Å². The van der Waals surface area contributed by atoms with Crippen LogP contribution in [-0.2, 0) is 4.79 Å². The molecule has 4 heteroatoms. The summed E-state index contributed by atoms with van der Waals surface area (Å²) in [5, 5.41) is 8.55. The molecule has 66 valence electrons. The van der Waals surface area contributed by atoms with Crippen molar-refractivity contribution in [2.24, 2.45) is 0 Å². The van der Waals surface area contributed by atoms with Crippen molar-refractivity contribution in [3.05, 3.63) is 28.7 Å². The molecule has 0 saturated carbocycles. The number of aryl methyl sites for hydroxylation is 1. The minimum Gasteiger partial charge on any atom is -0.318 e. The predicted octanol–water partition coefficient (Wildman–Crippen LogP) is 2.07. The molecule has 1 aromatic carbocycles. The lowest BCUT2D eigenvalue weighted by Gasteiger charge is -2.09.